The number of nitrogens with zero attached hydrogens (tertiary/aromatic N) is 3. The lowest BCUT2D eigenvalue weighted by atomic mass is 9.94. The lowest BCUT2D eigenvalue weighted by Gasteiger charge is -2.41. The summed E-state index contributed by atoms with van der Waals surface area (Å²) in [4.78, 5) is 64.0. The molecule has 0 radical (unpaired) electrons. The Morgan fingerprint density at radius 3 is 2.37 bits per heavy atom. The van der Waals surface area contributed by atoms with Gasteiger partial charge < -0.3 is 9.64 Å². The fourth-order valence-electron chi connectivity index (χ4n) is 3.85. The maximum atomic E-state index is 13.6. The van der Waals surface area contributed by atoms with Crippen LogP contribution in [0, 0.1) is 10.1 Å². The van der Waals surface area contributed by atoms with Gasteiger partial charge >= 0.3 is 5.97 Å². The number of esters is 1. The van der Waals surface area contributed by atoms with Gasteiger partial charge in [0.05, 0.1) is 17.0 Å². The number of amides is 3. The van der Waals surface area contributed by atoms with Gasteiger partial charge in [0.2, 0.25) is 5.91 Å². The van der Waals surface area contributed by atoms with Gasteiger partial charge in [-0.15, -0.1) is 0 Å². The zero-order valence-electron chi connectivity index (χ0n) is 19.6. The molecule has 0 aromatic heterocycles. The summed E-state index contributed by atoms with van der Waals surface area (Å²) in [7, 11) is 0. The van der Waals surface area contributed by atoms with Crippen LogP contribution in [0.25, 0.3) is 0 Å². The lowest BCUT2D eigenvalue weighted by molar-refractivity contribution is -0.384. The molecule has 35 heavy (non-hydrogen) atoms. The first-order valence-corrected chi connectivity index (χ1v) is 11.2. The van der Waals surface area contributed by atoms with Crippen LogP contribution in [0.2, 0.25) is 5.02 Å². The molecule has 0 bridgehead atoms. The monoisotopic (exact) mass is 501 g/mol. The molecule has 1 atom stereocenters. The summed E-state index contributed by atoms with van der Waals surface area (Å²) in [6.45, 7) is 6.59. The highest BCUT2D eigenvalue weighted by atomic mass is 35.5. The second-order valence-corrected chi connectivity index (χ2v) is 9.05. The SMILES string of the molecule is CCC(C)(C)N(C(=O)c1ccc(Cl)c([N+](=O)[O-])c1)C1CC(=O)N(c2ccc(OC(C)=O)cc2)C1=O. The Hall–Kier alpha value is -3.79. The molecule has 0 spiro atoms. The summed E-state index contributed by atoms with van der Waals surface area (Å²) >= 11 is 5.89. The number of carbonyl (C=O) groups is 4. The number of imide groups is 1. The molecular weight excluding hydrogens is 478 g/mol. The second-order valence-electron chi connectivity index (χ2n) is 8.64. The highest BCUT2D eigenvalue weighted by Crippen LogP contribution is 2.34. The van der Waals surface area contributed by atoms with Crippen molar-refractivity contribution >= 4 is 46.7 Å². The summed E-state index contributed by atoms with van der Waals surface area (Å²) in [6, 6.07) is 8.40. The zero-order valence-corrected chi connectivity index (χ0v) is 20.4. The highest BCUT2D eigenvalue weighted by molar-refractivity contribution is 6.32. The summed E-state index contributed by atoms with van der Waals surface area (Å²) in [5.74, 6) is -2.00. The number of hydrogen-bond acceptors (Lipinski definition) is 7. The lowest BCUT2D eigenvalue weighted by Crippen LogP contribution is -2.55. The number of ether oxygens (including phenoxy) is 1. The highest BCUT2D eigenvalue weighted by Gasteiger charge is 2.48. The average molecular weight is 502 g/mol. The van der Waals surface area contributed by atoms with E-state index in [2.05, 4.69) is 0 Å². The third-order valence-electron chi connectivity index (χ3n) is 5.92. The molecule has 2 aromatic carbocycles. The van der Waals surface area contributed by atoms with Crippen LogP contribution in [0.5, 0.6) is 5.75 Å². The minimum atomic E-state index is -1.12. The predicted octanol–water partition coefficient (Wildman–Crippen LogP) is 4.14. The van der Waals surface area contributed by atoms with Gasteiger partial charge in [-0.25, -0.2) is 4.90 Å². The van der Waals surface area contributed by atoms with Crippen LogP contribution in [0.4, 0.5) is 11.4 Å². The van der Waals surface area contributed by atoms with Crippen molar-refractivity contribution in [3.8, 4) is 5.75 Å². The van der Waals surface area contributed by atoms with Crippen LogP contribution < -0.4 is 9.64 Å². The summed E-state index contributed by atoms with van der Waals surface area (Å²) in [6.07, 6.45) is 0.193. The molecule has 0 saturated carbocycles. The zero-order chi connectivity index (χ0) is 26.1. The summed E-state index contributed by atoms with van der Waals surface area (Å²) in [5.41, 5.74) is -1.05. The molecule has 0 N–H and O–H groups in total. The molecule has 3 rings (SSSR count). The first-order valence-electron chi connectivity index (χ1n) is 10.8. The number of anilines is 1. The van der Waals surface area contributed by atoms with Crippen LogP contribution in [0.3, 0.4) is 0 Å². The van der Waals surface area contributed by atoms with Gasteiger partial charge in [-0.1, -0.05) is 18.5 Å². The molecule has 184 valence electrons. The van der Waals surface area contributed by atoms with Gasteiger partial charge in [-0.2, -0.15) is 0 Å². The van der Waals surface area contributed by atoms with E-state index < -0.39 is 45.9 Å². The number of benzene rings is 2. The smallest absolute Gasteiger partial charge is 0.308 e. The van der Waals surface area contributed by atoms with Crippen molar-refractivity contribution in [2.24, 2.45) is 0 Å². The largest absolute Gasteiger partial charge is 0.427 e. The number of hydrogen-bond donors (Lipinski definition) is 0. The Bertz CT molecular complexity index is 1210. The van der Waals surface area contributed by atoms with E-state index in [0.717, 1.165) is 11.0 Å². The number of halogens is 1. The van der Waals surface area contributed by atoms with Crippen LogP contribution in [-0.2, 0) is 14.4 Å². The normalized spacial score (nSPS) is 15.8. The minimum Gasteiger partial charge on any atom is -0.427 e. The first-order chi connectivity index (χ1) is 16.4. The van der Waals surface area contributed by atoms with E-state index in [0.29, 0.717) is 6.42 Å². The number of rotatable bonds is 7. The van der Waals surface area contributed by atoms with Crippen molar-refractivity contribution in [3.63, 3.8) is 0 Å². The topological polar surface area (TPSA) is 127 Å². The molecule has 10 nitrogen and oxygen atoms in total. The standard InChI is InChI=1S/C24H24ClN3O7/c1-5-24(3,4)27(22(31)15-6-11-18(25)19(12-15)28(33)34)20-13-21(30)26(23(20)32)16-7-9-17(10-8-16)35-14(2)29/h6-12,20H,5,13H2,1-4H3. The molecule has 3 amide bonds. The average Bonchev–Trinajstić information content (AvgIpc) is 3.07. The Labute approximate surface area is 206 Å². The fourth-order valence-corrected chi connectivity index (χ4v) is 4.04. The number of carbonyl (C=O) groups excluding carboxylic acids is 4. The van der Waals surface area contributed by atoms with Crippen molar-refractivity contribution in [2.45, 2.75) is 52.1 Å². The maximum absolute atomic E-state index is 13.6. The van der Waals surface area contributed by atoms with E-state index in [-0.39, 0.29) is 28.4 Å². The van der Waals surface area contributed by atoms with E-state index in [1.807, 2.05) is 6.92 Å². The Morgan fingerprint density at radius 2 is 1.83 bits per heavy atom. The van der Waals surface area contributed by atoms with Crippen molar-refractivity contribution < 1.29 is 28.8 Å². The van der Waals surface area contributed by atoms with E-state index in [1.54, 1.807) is 13.8 Å². The predicted molar refractivity (Wildman–Crippen MR) is 127 cm³/mol. The Balaban J connectivity index is 1.98. The van der Waals surface area contributed by atoms with Crippen molar-refractivity contribution in [3.05, 3.63) is 63.2 Å². The van der Waals surface area contributed by atoms with Crippen LogP contribution in [0.15, 0.2) is 42.5 Å². The van der Waals surface area contributed by atoms with Gasteiger partial charge in [-0.3, -0.25) is 29.3 Å². The quantitative estimate of drug-likeness (QED) is 0.183. The molecule has 2 aromatic rings. The van der Waals surface area contributed by atoms with Gasteiger partial charge in [0.25, 0.3) is 17.5 Å². The molecule has 1 aliphatic heterocycles. The first kappa shape index (κ1) is 25.8. The van der Waals surface area contributed by atoms with Gasteiger partial charge in [0.1, 0.15) is 16.8 Å². The van der Waals surface area contributed by atoms with Crippen molar-refractivity contribution in [2.75, 3.05) is 4.90 Å². The van der Waals surface area contributed by atoms with Crippen molar-refractivity contribution in [1.82, 2.24) is 4.90 Å². The molecule has 1 unspecified atom stereocenters. The maximum Gasteiger partial charge on any atom is 0.308 e. The molecule has 1 heterocycles. The number of nitro benzene ring substituents is 1. The van der Waals surface area contributed by atoms with Gasteiger partial charge in [-0.05, 0) is 56.7 Å². The van der Waals surface area contributed by atoms with Crippen LogP contribution in [-0.4, -0.2) is 45.1 Å². The molecule has 1 saturated heterocycles. The van der Waals surface area contributed by atoms with E-state index in [4.69, 9.17) is 16.3 Å². The fraction of sp³-hybridized carbons (Fsp3) is 0.333. The molecule has 1 aliphatic rings. The van der Waals surface area contributed by atoms with E-state index in [1.165, 1.54) is 48.2 Å². The van der Waals surface area contributed by atoms with Crippen molar-refractivity contribution in [1.29, 1.82) is 0 Å². The van der Waals surface area contributed by atoms with E-state index >= 15 is 0 Å². The second kappa shape index (κ2) is 9.83. The Kier molecular flexibility index (Phi) is 7.25. The summed E-state index contributed by atoms with van der Waals surface area (Å²) in [5, 5.41) is 11.2. The third-order valence-corrected chi connectivity index (χ3v) is 6.24. The van der Waals surface area contributed by atoms with Crippen LogP contribution >= 0.6 is 11.6 Å². The third kappa shape index (κ3) is 5.17. The van der Waals surface area contributed by atoms with E-state index in [9.17, 15) is 29.3 Å². The number of nitro groups is 1. The molecule has 1 fully saturated rings. The molecular formula is C24H24ClN3O7. The van der Waals surface area contributed by atoms with Gasteiger partial charge in [0, 0.05) is 24.1 Å². The Morgan fingerprint density at radius 1 is 1.20 bits per heavy atom. The summed E-state index contributed by atoms with van der Waals surface area (Å²) < 4.78 is 4.98. The molecule has 0 aliphatic carbocycles. The van der Waals surface area contributed by atoms with Gasteiger partial charge in [0.15, 0.2) is 0 Å². The molecule has 11 heteroatoms. The minimum absolute atomic E-state index is 0.0212. The van der Waals surface area contributed by atoms with Crippen LogP contribution in [0.1, 0.15) is 50.9 Å².